The summed E-state index contributed by atoms with van der Waals surface area (Å²) < 4.78 is 44.3. The minimum atomic E-state index is -4.47. The zero-order chi connectivity index (χ0) is 14.6. The summed E-state index contributed by atoms with van der Waals surface area (Å²) in [6.07, 6.45) is -4.47. The molecule has 8 heteroatoms. The van der Waals surface area contributed by atoms with Crippen LogP contribution in [0, 0.1) is 0 Å². The van der Waals surface area contributed by atoms with Gasteiger partial charge in [-0.25, -0.2) is 0 Å². The molecule has 1 aliphatic rings. The average molecular weight is 286 g/mol. The number of hydrogen-bond acceptors (Lipinski definition) is 3. The molecule has 108 valence electrons. The Morgan fingerprint density at radius 1 is 1.30 bits per heavy atom. The quantitative estimate of drug-likeness (QED) is 0.485. The van der Waals surface area contributed by atoms with Gasteiger partial charge in [0.25, 0.3) is 0 Å². The third-order valence-corrected chi connectivity index (χ3v) is 3.06. The van der Waals surface area contributed by atoms with E-state index in [1.807, 2.05) is 4.90 Å². The molecule has 0 spiro atoms. The number of morpholine rings is 1. The lowest BCUT2D eigenvalue weighted by Gasteiger charge is -2.27. The highest BCUT2D eigenvalue weighted by Crippen LogP contribution is 2.35. The van der Waals surface area contributed by atoms with Crippen molar-refractivity contribution >= 4 is 5.69 Å². The summed E-state index contributed by atoms with van der Waals surface area (Å²) in [4.78, 5) is 4.41. The fraction of sp³-hybridized carbons (Fsp3) is 0.500. The van der Waals surface area contributed by atoms with E-state index in [1.54, 1.807) is 0 Å². The highest BCUT2D eigenvalue weighted by molar-refractivity contribution is 5.45. The van der Waals surface area contributed by atoms with Crippen LogP contribution in [0.25, 0.3) is 10.4 Å². The predicted molar refractivity (Wildman–Crippen MR) is 66.3 cm³/mol. The summed E-state index contributed by atoms with van der Waals surface area (Å²) in [7, 11) is 0. The molecule has 5 nitrogen and oxygen atoms in total. The Bertz CT molecular complexity index is 520. The highest BCUT2D eigenvalue weighted by Gasteiger charge is 2.33. The lowest BCUT2D eigenvalue weighted by molar-refractivity contribution is -0.138. The Kier molecular flexibility index (Phi) is 4.49. The Morgan fingerprint density at radius 2 is 2.00 bits per heavy atom. The number of benzene rings is 1. The highest BCUT2D eigenvalue weighted by atomic mass is 19.4. The minimum absolute atomic E-state index is 0.0365. The van der Waals surface area contributed by atoms with Crippen molar-refractivity contribution in [1.29, 1.82) is 0 Å². The van der Waals surface area contributed by atoms with Crippen molar-refractivity contribution in [2.75, 3.05) is 26.3 Å². The van der Waals surface area contributed by atoms with E-state index in [0.29, 0.717) is 26.3 Å². The first-order chi connectivity index (χ1) is 9.50. The summed E-state index contributed by atoms with van der Waals surface area (Å²) in [6.45, 7) is 2.47. The van der Waals surface area contributed by atoms with Gasteiger partial charge in [0.05, 0.1) is 18.8 Å². The van der Waals surface area contributed by atoms with Gasteiger partial charge in [0.15, 0.2) is 0 Å². The van der Waals surface area contributed by atoms with Crippen molar-refractivity contribution in [1.82, 2.24) is 4.90 Å². The number of nitrogens with zero attached hydrogens (tertiary/aromatic N) is 4. The lowest BCUT2D eigenvalue weighted by Crippen LogP contribution is -2.36. The average Bonchev–Trinajstić information content (AvgIpc) is 2.41. The van der Waals surface area contributed by atoms with Crippen LogP contribution in [0.5, 0.6) is 0 Å². The maximum atomic E-state index is 13.0. The van der Waals surface area contributed by atoms with Crippen molar-refractivity contribution in [3.63, 3.8) is 0 Å². The molecular formula is C12H13F3N4O. The molecule has 0 radical (unpaired) electrons. The van der Waals surface area contributed by atoms with E-state index in [4.69, 9.17) is 10.3 Å². The zero-order valence-corrected chi connectivity index (χ0v) is 10.6. The SMILES string of the molecule is [N-]=[N+]=Nc1ccc(CN2CCOCC2)c(C(F)(F)F)c1. The molecule has 1 aromatic carbocycles. The summed E-state index contributed by atoms with van der Waals surface area (Å²) in [6, 6.07) is 3.64. The van der Waals surface area contributed by atoms with Crippen LogP contribution < -0.4 is 0 Å². The third kappa shape index (κ3) is 3.63. The molecular weight excluding hydrogens is 273 g/mol. The van der Waals surface area contributed by atoms with Crippen molar-refractivity contribution in [2.45, 2.75) is 12.7 Å². The van der Waals surface area contributed by atoms with Crippen molar-refractivity contribution < 1.29 is 17.9 Å². The van der Waals surface area contributed by atoms with Crippen LogP contribution in [-0.4, -0.2) is 31.2 Å². The second-order valence-electron chi connectivity index (χ2n) is 4.42. The largest absolute Gasteiger partial charge is 0.416 e. The molecule has 1 saturated heterocycles. The van der Waals surface area contributed by atoms with Gasteiger partial charge >= 0.3 is 6.18 Å². The molecule has 1 aromatic rings. The van der Waals surface area contributed by atoms with Crippen molar-refractivity contribution in [3.05, 3.63) is 39.8 Å². The van der Waals surface area contributed by atoms with Gasteiger partial charge in [-0.15, -0.1) is 0 Å². The fourth-order valence-electron chi connectivity index (χ4n) is 2.08. The van der Waals surface area contributed by atoms with E-state index in [0.717, 1.165) is 6.07 Å². The number of hydrogen-bond donors (Lipinski definition) is 0. The van der Waals surface area contributed by atoms with Gasteiger partial charge in [-0.2, -0.15) is 13.2 Å². The van der Waals surface area contributed by atoms with Crippen LogP contribution >= 0.6 is 0 Å². The number of ether oxygens (including phenoxy) is 1. The third-order valence-electron chi connectivity index (χ3n) is 3.06. The second-order valence-corrected chi connectivity index (χ2v) is 4.42. The maximum absolute atomic E-state index is 13.0. The standard InChI is InChI=1S/C12H13F3N4O/c13-12(14,15)11-7-10(17-18-16)2-1-9(11)8-19-3-5-20-6-4-19/h1-2,7H,3-6,8H2. The van der Waals surface area contributed by atoms with Crippen LogP contribution in [-0.2, 0) is 17.5 Å². The van der Waals surface area contributed by atoms with E-state index in [2.05, 4.69) is 10.0 Å². The Morgan fingerprint density at radius 3 is 2.60 bits per heavy atom. The number of halogens is 3. The van der Waals surface area contributed by atoms with E-state index in [-0.39, 0.29) is 17.8 Å². The molecule has 0 aliphatic carbocycles. The van der Waals surface area contributed by atoms with E-state index in [1.165, 1.54) is 12.1 Å². The molecule has 1 heterocycles. The number of alkyl halides is 3. The monoisotopic (exact) mass is 286 g/mol. The van der Waals surface area contributed by atoms with Gasteiger partial charge in [0, 0.05) is 30.2 Å². The summed E-state index contributed by atoms with van der Waals surface area (Å²) in [5, 5.41) is 3.22. The van der Waals surface area contributed by atoms with E-state index in [9.17, 15) is 13.2 Å². The zero-order valence-electron chi connectivity index (χ0n) is 10.6. The first-order valence-corrected chi connectivity index (χ1v) is 6.06. The molecule has 1 aliphatic heterocycles. The van der Waals surface area contributed by atoms with Gasteiger partial charge in [-0.3, -0.25) is 4.90 Å². The smallest absolute Gasteiger partial charge is 0.379 e. The molecule has 0 N–H and O–H groups in total. The van der Waals surface area contributed by atoms with Crippen LogP contribution in [0.3, 0.4) is 0 Å². The number of azide groups is 1. The normalized spacial score (nSPS) is 16.8. The molecule has 0 unspecified atom stereocenters. The lowest BCUT2D eigenvalue weighted by atomic mass is 10.1. The summed E-state index contributed by atoms with van der Waals surface area (Å²) >= 11 is 0. The molecule has 0 bridgehead atoms. The van der Waals surface area contributed by atoms with Crippen LogP contribution in [0.1, 0.15) is 11.1 Å². The first-order valence-electron chi connectivity index (χ1n) is 6.06. The molecule has 20 heavy (non-hydrogen) atoms. The van der Waals surface area contributed by atoms with Crippen LogP contribution in [0.4, 0.5) is 18.9 Å². The molecule has 2 rings (SSSR count). The van der Waals surface area contributed by atoms with Gasteiger partial charge in [0.1, 0.15) is 0 Å². The molecule has 0 amide bonds. The van der Waals surface area contributed by atoms with Crippen LogP contribution in [0.2, 0.25) is 0 Å². The van der Waals surface area contributed by atoms with Crippen LogP contribution in [0.15, 0.2) is 23.3 Å². The predicted octanol–water partition coefficient (Wildman–Crippen LogP) is 3.48. The molecule has 0 saturated carbocycles. The fourth-order valence-corrected chi connectivity index (χ4v) is 2.08. The topological polar surface area (TPSA) is 61.2 Å². The number of rotatable bonds is 3. The van der Waals surface area contributed by atoms with E-state index < -0.39 is 11.7 Å². The Balaban J connectivity index is 2.28. The minimum Gasteiger partial charge on any atom is -0.379 e. The first kappa shape index (κ1) is 14.6. The summed E-state index contributed by atoms with van der Waals surface area (Å²) in [5.41, 5.74) is 7.68. The Hall–Kier alpha value is -1.76. The van der Waals surface area contributed by atoms with E-state index >= 15 is 0 Å². The van der Waals surface area contributed by atoms with Gasteiger partial charge in [-0.1, -0.05) is 17.2 Å². The molecule has 0 atom stereocenters. The van der Waals surface area contributed by atoms with Gasteiger partial charge in [0.2, 0.25) is 0 Å². The van der Waals surface area contributed by atoms with Crippen molar-refractivity contribution in [2.24, 2.45) is 5.11 Å². The molecule has 1 fully saturated rings. The van der Waals surface area contributed by atoms with Gasteiger partial charge in [-0.05, 0) is 17.2 Å². The molecule has 0 aromatic heterocycles. The maximum Gasteiger partial charge on any atom is 0.416 e. The van der Waals surface area contributed by atoms with Crippen molar-refractivity contribution in [3.8, 4) is 0 Å². The second kappa shape index (κ2) is 6.13. The Labute approximate surface area is 113 Å². The van der Waals surface area contributed by atoms with Gasteiger partial charge < -0.3 is 4.74 Å². The summed E-state index contributed by atoms with van der Waals surface area (Å²) in [5.74, 6) is 0.